The fraction of sp³-hybridized carbons (Fsp3) is 0.727. The summed E-state index contributed by atoms with van der Waals surface area (Å²) in [5.41, 5.74) is 0. The summed E-state index contributed by atoms with van der Waals surface area (Å²) in [6.07, 6.45) is -4.12. The number of carbonyl (C=O) groups excluding carboxylic acids is 2. The number of rotatable bonds is 8. The van der Waals surface area contributed by atoms with Crippen LogP contribution in [-0.4, -0.2) is 68.3 Å². The molecule has 0 radical (unpaired) electrons. The van der Waals surface area contributed by atoms with Crippen molar-refractivity contribution in [2.75, 3.05) is 39.6 Å². The number of carbonyl (C=O) groups is 3. The predicted molar refractivity (Wildman–Crippen MR) is 68.5 cm³/mol. The lowest BCUT2D eigenvalue weighted by molar-refractivity contribution is -0.219. The van der Waals surface area contributed by atoms with Crippen molar-refractivity contribution in [3.63, 3.8) is 0 Å². The van der Waals surface area contributed by atoms with Crippen molar-refractivity contribution in [2.45, 2.75) is 13.8 Å². The molecule has 0 bridgehead atoms. The molecule has 0 aliphatic carbocycles. The summed E-state index contributed by atoms with van der Waals surface area (Å²) in [6.45, 7) is 5.14. The van der Waals surface area contributed by atoms with Gasteiger partial charge in [-0.3, -0.25) is 0 Å². The second-order valence-corrected chi connectivity index (χ2v) is 3.04. The molecule has 0 aromatic heterocycles. The van der Waals surface area contributed by atoms with Crippen molar-refractivity contribution < 1.29 is 53.3 Å². The van der Waals surface area contributed by atoms with Gasteiger partial charge in [0.25, 0.3) is 0 Å². The molecule has 0 unspecified atom stereocenters. The first-order valence-corrected chi connectivity index (χ1v) is 6.19. The Bertz CT molecular complexity index is 276. The summed E-state index contributed by atoms with van der Waals surface area (Å²) in [6, 6.07) is 0. The molecule has 0 saturated heterocycles. The van der Waals surface area contributed by atoms with Crippen LogP contribution in [0.2, 0.25) is 0 Å². The highest BCUT2D eigenvalue weighted by molar-refractivity contribution is 5.63. The van der Waals surface area contributed by atoms with Crippen LogP contribution in [0.15, 0.2) is 0 Å². The lowest BCUT2D eigenvalue weighted by Gasteiger charge is -2.05. The van der Waals surface area contributed by atoms with E-state index in [2.05, 4.69) is 19.2 Å². The van der Waals surface area contributed by atoms with Crippen molar-refractivity contribution in [3.8, 4) is 0 Å². The molecule has 0 aromatic rings. The molecule has 2 N–H and O–H groups in total. The molecular formula is C11H20O11. The standard InChI is InChI=1S/C10H18O8.CH2O3/c1-3-13-5-7-15-9(11)17-18-10(12)16-8-6-14-4-2;2-1(3)4/h3-8H2,1-2H3;(H2,2,3,4). The third-order valence-corrected chi connectivity index (χ3v) is 1.48. The number of ether oxygens (including phenoxy) is 4. The SMILES string of the molecule is CCOCCOC(=O)OOC(=O)OCCOCC.O=C(O)O. The largest absolute Gasteiger partial charge is 0.550 e. The topological polar surface area (TPSA) is 147 Å². The molecule has 0 saturated carbocycles. The van der Waals surface area contributed by atoms with Gasteiger partial charge in [0.05, 0.1) is 13.2 Å². The Morgan fingerprint density at radius 1 is 0.727 bits per heavy atom. The van der Waals surface area contributed by atoms with Crippen LogP contribution in [0.4, 0.5) is 14.4 Å². The number of hydrogen-bond acceptors (Lipinski definition) is 9. The maximum absolute atomic E-state index is 10.8. The highest BCUT2D eigenvalue weighted by Crippen LogP contribution is 1.92. The first kappa shape index (κ1) is 22.0. The van der Waals surface area contributed by atoms with E-state index in [1.165, 1.54) is 0 Å². The minimum Gasteiger partial charge on any atom is -0.450 e. The molecule has 0 atom stereocenters. The minimum absolute atomic E-state index is 0.00935. The monoisotopic (exact) mass is 328 g/mol. The Hall–Kier alpha value is -2.27. The molecule has 22 heavy (non-hydrogen) atoms. The first-order chi connectivity index (χ1) is 10.4. The van der Waals surface area contributed by atoms with Gasteiger partial charge in [-0.25, -0.2) is 4.79 Å². The molecule has 11 heteroatoms. The normalized spacial score (nSPS) is 9.00. The van der Waals surface area contributed by atoms with Crippen LogP contribution in [0.3, 0.4) is 0 Å². The van der Waals surface area contributed by atoms with Crippen LogP contribution in [-0.2, 0) is 28.7 Å². The van der Waals surface area contributed by atoms with E-state index in [0.29, 0.717) is 13.2 Å². The fourth-order valence-corrected chi connectivity index (χ4v) is 0.773. The van der Waals surface area contributed by atoms with E-state index < -0.39 is 18.5 Å². The molecule has 0 aliphatic heterocycles. The van der Waals surface area contributed by atoms with Crippen molar-refractivity contribution in [1.82, 2.24) is 0 Å². The minimum atomic E-state index is -1.83. The molecule has 0 amide bonds. The highest BCUT2D eigenvalue weighted by Gasteiger charge is 2.11. The summed E-state index contributed by atoms with van der Waals surface area (Å²) in [4.78, 5) is 38.2. The van der Waals surface area contributed by atoms with Crippen LogP contribution in [0, 0.1) is 0 Å². The van der Waals surface area contributed by atoms with Crippen molar-refractivity contribution in [2.24, 2.45) is 0 Å². The van der Waals surface area contributed by atoms with E-state index in [9.17, 15) is 9.59 Å². The smallest absolute Gasteiger partial charge is 0.450 e. The zero-order valence-corrected chi connectivity index (χ0v) is 12.3. The molecule has 11 nitrogen and oxygen atoms in total. The van der Waals surface area contributed by atoms with Crippen LogP contribution in [0.1, 0.15) is 13.8 Å². The maximum Gasteiger partial charge on any atom is 0.550 e. The van der Waals surface area contributed by atoms with Crippen molar-refractivity contribution in [3.05, 3.63) is 0 Å². The Morgan fingerprint density at radius 3 is 1.32 bits per heavy atom. The van der Waals surface area contributed by atoms with E-state index >= 15 is 0 Å². The second kappa shape index (κ2) is 16.8. The van der Waals surface area contributed by atoms with Gasteiger partial charge in [0, 0.05) is 13.2 Å². The predicted octanol–water partition coefficient (Wildman–Crippen LogP) is 1.50. The lowest BCUT2D eigenvalue weighted by atomic mass is 10.7. The van der Waals surface area contributed by atoms with Gasteiger partial charge in [0.15, 0.2) is 0 Å². The third-order valence-electron chi connectivity index (χ3n) is 1.48. The Morgan fingerprint density at radius 2 is 1.05 bits per heavy atom. The molecule has 0 rings (SSSR count). The number of hydrogen-bond donors (Lipinski definition) is 2. The van der Waals surface area contributed by atoms with E-state index in [0.717, 1.165) is 0 Å². The summed E-state index contributed by atoms with van der Waals surface area (Å²) >= 11 is 0. The Labute approximate surface area is 126 Å². The second-order valence-electron chi connectivity index (χ2n) is 3.04. The van der Waals surface area contributed by atoms with Gasteiger partial charge in [-0.1, -0.05) is 0 Å². The van der Waals surface area contributed by atoms with E-state index in [4.69, 9.17) is 24.5 Å². The van der Waals surface area contributed by atoms with Gasteiger partial charge in [-0.05, 0) is 13.8 Å². The van der Waals surface area contributed by atoms with E-state index in [1.54, 1.807) is 13.8 Å². The average Bonchev–Trinajstić information content (AvgIpc) is 2.45. The van der Waals surface area contributed by atoms with Crippen LogP contribution in [0.5, 0.6) is 0 Å². The Kier molecular flexibility index (Phi) is 16.8. The van der Waals surface area contributed by atoms with Gasteiger partial charge in [0.1, 0.15) is 13.2 Å². The molecular weight excluding hydrogens is 308 g/mol. The highest BCUT2D eigenvalue weighted by atomic mass is 17.3. The van der Waals surface area contributed by atoms with Gasteiger partial charge < -0.3 is 29.2 Å². The zero-order valence-electron chi connectivity index (χ0n) is 12.3. The third kappa shape index (κ3) is 22.9. The summed E-state index contributed by atoms with van der Waals surface area (Å²) in [5, 5.41) is 13.9. The van der Waals surface area contributed by atoms with Crippen LogP contribution < -0.4 is 0 Å². The van der Waals surface area contributed by atoms with E-state index in [1.807, 2.05) is 0 Å². The molecule has 0 heterocycles. The molecule has 130 valence electrons. The number of carboxylic acid groups (broad SMARTS) is 2. The molecule has 0 fully saturated rings. The lowest BCUT2D eigenvalue weighted by Crippen LogP contribution is -2.17. The summed E-state index contributed by atoms with van der Waals surface area (Å²) < 4.78 is 18.8. The summed E-state index contributed by atoms with van der Waals surface area (Å²) in [7, 11) is 0. The summed E-state index contributed by atoms with van der Waals surface area (Å²) in [5.74, 6) is 0. The maximum atomic E-state index is 10.8. The van der Waals surface area contributed by atoms with Crippen LogP contribution in [0.25, 0.3) is 0 Å². The van der Waals surface area contributed by atoms with Gasteiger partial charge >= 0.3 is 18.5 Å². The molecule has 0 spiro atoms. The first-order valence-electron chi connectivity index (χ1n) is 6.19. The van der Waals surface area contributed by atoms with Gasteiger partial charge in [-0.15, -0.1) is 0 Å². The Balaban J connectivity index is 0. The molecule has 0 aromatic carbocycles. The van der Waals surface area contributed by atoms with Gasteiger partial charge in [-0.2, -0.15) is 19.4 Å². The zero-order chi connectivity index (χ0) is 17.2. The van der Waals surface area contributed by atoms with Crippen molar-refractivity contribution in [1.29, 1.82) is 0 Å². The molecule has 0 aliphatic rings. The van der Waals surface area contributed by atoms with Crippen molar-refractivity contribution >= 4 is 18.5 Å². The van der Waals surface area contributed by atoms with E-state index in [-0.39, 0.29) is 26.4 Å². The fourth-order valence-electron chi connectivity index (χ4n) is 0.773. The van der Waals surface area contributed by atoms with Gasteiger partial charge in [0.2, 0.25) is 0 Å². The average molecular weight is 328 g/mol. The quantitative estimate of drug-likeness (QED) is 0.289. The van der Waals surface area contributed by atoms with Crippen LogP contribution >= 0.6 is 0 Å².